The first-order chi connectivity index (χ1) is 9.83. The van der Waals surface area contributed by atoms with E-state index in [1.54, 1.807) is 25.1 Å². The van der Waals surface area contributed by atoms with Crippen LogP contribution in [0.15, 0.2) is 50.2 Å². The minimum absolute atomic E-state index is 0.119. The molecule has 4 nitrogen and oxygen atoms in total. The molecule has 108 valence electrons. The summed E-state index contributed by atoms with van der Waals surface area (Å²) in [4.78, 5) is 0.119. The van der Waals surface area contributed by atoms with Gasteiger partial charge >= 0.3 is 0 Å². The van der Waals surface area contributed by atoms with Crippen molar-refractivity contribution in [2.45, 2.75) is 11.8 Å². The lowest BCUT2D eigenvalue weighted by atomic mass is 10.1. The molecule has 21 heavy (non-hydrogen) atoms. The van der Waals surface area contributed by atoms with Gasteiger partial charge in [0.05, 0.1) is 22.2 Å². The van der Waals surface area contributed by atoms with Crippen LogP contribution in [0, 0.1) is 18.3 Å². The number of nitrogens with one attached hydrogen (secondary N) is 1. The van der Waals surface area contributed by atoms with Gasteiger partial charge in [0.25, 0.3) is 10.0 Å². The number of hydrogen-bond donors (Lipinski definition) is 1. The van der Waals surface area contributed by atoms with Crippen molar-refractivity contribution >= 4 is 47.6 Å². The fourth-order valence-corrected chi connectivity index (χ4v) is 4.15. The topological polar surface area (TPSA) is 70.0 Å². The van der Waals surface area contributed by atoms with Crippen LogP contribution in [0.5, 0.6) is 0 Å². The van der Waals surface area contributed by atoms with Crippen LogP contribution in [-0.2, 0) is 10.0 Å². The predicted octanol–water partition coefficient (Wildman–Crippen LogP) is 4.19. The van der Waals surface area contributed by atoms with Gasteiger partial charge in [-0.25, -0.2) is 8.42 Å². The number of aryl methyl sites for hydroxylation is 1. The zero-order chi connectivity index (χ0) is 15.6. The Morgan fingerprint density at radius 1 is 1.14 bits per heavy atom. The second-order valence-corrected chi connectivity index (χ2v) is 7.77. The number of hydrogen-bond acceptors (Lipinski definition) is 3. The molecule has 0 aromatic heterocycles. The fourth-order valence-electron chi connectivity index (χ4n) is 1.70. The molecule has 0 atom stereocenters. The van der Waals surface area contributed by atoms with Crippen LogP contribution in [0.1, 0.15) is 11.1 Å². The molecule has 0 fully saturated rings. The van der Waals surface area contributed by atoms with Crippen LogP contribution in [-0.4, -0.2) is 8.42 Å². The van der Waals surface area contributed by atoms with Gasteiger partial charge < -0.3 is 0 Å². The zero-order valence-corrected chi connectivity index (χ0v) is 14.9. The molecule has 0 unspecified atom stereocenters. The van der Waals surface area contributed by atoms with Gasteiger partial charge in [-0.3, -0.25) is 4.72 Å². The Labute approximate surface area is 140 Å². The standard InChI is InChI=1S/C14H10Br2N2O2S/c1-9-6-12(4-2-10(9)8-17)21(19,20)18-14-5-3-11(15)7-13(14)16/h2-7,18H,1H3. The first-order valence-corrected chi connectivity index (χ1v) is 8.89. The molecule has 0 bridgehead atoms. The van der Waals surface area contributed by atoms with Crippen molar-refractivity contribution in [1.29, 1.82) is 5.26 Å². The number of halogens is 2. The summed E-state index contributed by atoms with van der Waals surface area (Å²) in [5.41, 5.74) is 1.52. The van der Waals surface area contributed by atoms with Gasteiger partial charge in [-0.2, -0.15) is 5.26 Å². The van der Waals surface area contributed by atoms with Crippen molar-refractivity contribution in [2.75, 3.05) is 4.72 Å². The molecule has 0 heterocycles. The molecular weight excluding hydrogens is 420 g/mol. The number of sulfonamides is 1. The van der Waals surface area contributed by atoms with Crippen LogP contribution < -0.4 is 4.72 Å². The minimum Gasteiger partial charge on any atom is -0.278 e. The molecule has 7 heteroatoms. The normalized spacial score (nSPS) is 11.0. The lowest BCUT2D eigenvalue weighted by Gasteiger charge is -2.11. The molecular formula is C14H10Br2N2O2S. The Morgan fingerprint density at radius 2 is 1.86 bits per heavy atom. The molecule has 0 amide bonds. The maximum Gasteiger partial charge on any atom is 0.261 e. The van der Waals surface area contributed by atoms with Crippen LogP contribution in [0.4, 0.5) is 5.69 Å². The molecule has 0 spiro atoms. The van der Waals surface area contributed by atoms with E-state index in [1.165, 1.54) is 18.2 Å². The average Bonchev–Trinajstić information content (AvgIpc) is 2.42. The predicted molar refractivity (Wildman–Crippen MR) is 88.5 cm³/mol. The summed E-state index contributed by atoms with van der Waals surface area (Å²) in [6, 6.07) is 11.6. The van der Waals surface area contributed by atoms with Crippen molar-refractivity contribution in [2.24, 2.45) is 0 Å². The highest BCUT2D eigenvalue weighted by molar-refractivity contribution is 9.11. The quantitative estimate of drug-likeness (QED) is 0.794. The Kier molecular flexibility index (Phi) is 4.71. The Bertz CT molecular complexity index is 843. The molecule has 0 aliphatic heterocycles. The van der Waals surface area contributed by atoms with Gasteiger partial charge in [0, 0.05) is 8.95 Å². The third-order valence-corrected chi connectivity index (χ3v) is 5.32. The van der Waals surface area contributed by atoms with Gasteiger partial charge in [0.15, 0.2) is 0 Å². The summed E-state index contributed by atoms with van der Waals surface area (Å²) in [5, 5.41) is 8.88. The van der Waals surface area contributed by atoms with Crippen LogP contribution in [0.25, 0.3) is 0 Å². The SMILES string of the molecule is Cc1cc(S(=O)(=O)Nc2ccc(Br)cc2Br)ccc1C#N. The summed E-state index contributed by atoms with van der Waals surface area (Å²) in [7, 11) is -3.70. The smallest absolute Gasteiger partial charge is 0.261 e. The molecule has 0 saturated carbocycles. The summed E-state index contributed by atoms with van der Waals surface area (Å²) in [5.74, 6) is 0. The molecule has 2 rings (SSSR count). The van der Waals surface area contributed by atoms with Crippen molar-refractivity contribution in [1.82, 2.24) is 0 Å². The van der Waals surface area contributed by atoms with E-state index in [-0.39, 0.29) is 4.90 Å². The molecule has 2 aromatic carbocycles. The van der Waals surface area contributed by atoms with E-state index in [0.29, 0.717) is 21.3 Å². The third-order valence-electron chi connectivity index (χ3n) is 2.80. The van der Waals surface area contributed by atoms with E-state index >= 15 is 0 Å². The summed E-state index contributed by atoms with van der Waals surface area (Å²) < 4.78 is 28.7. The largest absolute Gasteiger partial charge is 0.278 e. The molecule has 2 aromatic rings. The van der Waals surface area contributed by atoms with Gasteiger partial charge in [-0.1, -0.05) is 15.9 Å². The van der Waals surface area contributed by atoms with Gasteiger partial charge in [-0.15, -0.1) is 0 Å². The van der Waals surface area contributed by atoms with Gasteiger partial charge in [-0.05, 0) is 64.8 Å². The lowest BCUT2D eigenvalue weighted by molar-refractivity contribution is 0.601. The number of benzene rings is 2. The third kappa shape index (κ3) is 3.64. The van der Waals surface area contributed by atoms with E-state index in [4.69, 9.17) is 5.26 Å². The maximum atomic E-state index is 12.4. The second kappa shape index (κ2) is 6.18. The first-order valence-electron chi connectivity index (χ1n) is 5.82. The van der Waals surface area contributed by atoms with Crippen molar-refractivity contribution in [3.05, 3.63) is 56.5 Å². The summed E-state index contributed by atoms with van der Waals surface area (Å²) >= 11 is 6.62. The number of anilines is 1. The van der Waals surface area contributed by atoms with E-state index < -0.39 is 10.0 Å². The molecule has 0 aliphatic rings. The second-order valence-electron chi connectivity index (χ2n) is 4.32. The van der Waals surface area contributed by atoms with E-state index in [1.807, 2.05) is 6.07 Å². The van der Waals surface area contributed by atoms with E-state index in [2.05, 4.69) is 36.6 Å². The number of nitrogens with zero attached hydrogens (tertiary/aromatic N) is 1. The Morgan fingerprint density at radius 3 is 2.43 bits per heavy atom. The maximum absolute atomic E-state index is 12.4. The highest BCUT2D eigenvalue weighted by Crippen LogP contribution is 2.28. The molecule has 0 aliphatic carbocycles. The van der Waals surface area contributed by atoms with Crippen molar-refractivity contribution in [3.8, 4) is 6.07 Å². The van der Waals surface area contributed by atoms with Crippen LogP contribution in [0.3, 0.4) is 0 Å². The summed E-state index contributed by atoms with van der Waals surface area (Å²) in [6.07, 6.45) is 0. The average molecular weight is 430 g/mol. The minimum atomic E-state index is -3.70. The molecule has 0 radical (unpaired) electrons. The van der Waals surface area contributed by atoms with Gasteiger partial charge in [0.2, 0.25) is 0 Å². The Hall–Kier alpha value is -1.36. The zero-order valence-electron chi connectivity index (χ0n) is 10.9. The molecule has 0 saturated heterocycles. The van der Waals surface area contributed by atoms with Crippen molar-refractivity contribution in [3.63, 3.8) is 0 Å². The van der Waals surface area contributed by atoms with Crippen LogP contribution >= 0.6 is 31.9 Å². The van der Waals surface area contributed by atoms with Gasteiger partial charge in [0.1, 0.15) is 0 Å². The van der Waals surface area contributed by atoms with Crippen LogP contribution in [0.2, 0.25) is 0 Å². The number of rotatable bonds is 3. The van der Waals surface area contributed by atoms with E-state index in [0.717, 1.165) is 4.47 Å². The lowest BCUT2D eigenvalue weighted by Crippen LogP contribution is -2.13. The van der Waals surface area contributed by atoms with E-state index in [9.17, 15) is 8.42 Å². The fraction of sp³-hybridized carbons (Fsp3) is 0.0714. The Balaban J connectivity index is 2.39. The first kappa shape index (κ1) is 16.0. The highest BCUT2D eigenvalue weighted by Gasteiger charge is 2.16. The summed E-state index contributed by atoms with van der Waals surface area (Å²) in [6.45, 7) is 1.70. The monoisotopic (exact) mass is 428 g/mol. The van der Waals surface area contributed by atoms with Crippen molar-refractivity contribution < 1.29 is 8.42 Å². The number of nitriles is 1. The highest BCUT2D eigenvalue weighted by atomic mass is 79.9. The molecule has 1 N–H and O–H groups in total.